The highest BCUT2D eigenvalue weighted by Crippen LogP contribution is 2.28. The van der Waals surface area contributed by atoms with Crippen molar-refractivity contribution in [2.45, 2.75) is 6.10 Å². The number of aliphatic hydroxyl groups is 1. The van der Waals surface area contributed by atoms with Gasteiger partial charge in [-0.2, -0.15) is 4.98 Å². The van der Waals surface area contributed by atoms with Crippen molar-refractivity contribution in [1.82, 2.24) is 10.1 Å². The monoisotopic (exact) mass is 289 g/mol. The van der Waals surface area contributed by atoms with Crippen molar-refractivity contribution in [3.05, 3.63) is 21.8 Å². The average molecular weight is 290 g/mol. The van der Waals surface area contributed by atoms with Crippen molar-refractivity contribution < 1.29 is 9.63 Å². The Hall–Kier alpha value is -0.760. The minimum atomic E-state index is -0.894. The smallest absolute Gasteiger partial charge is 0.257 e. The topological polar surface area (TPSA) is 85.2 Å². The molecule has 0 aliphatic rings. The predicted molar refractivity (Wildman–Crippen MR) is 59.3 cm³/mol. The van der Waals surface area contributed by atoms with E-state index in [2.05, 4.69) is 26.1 Å². The van der Waals surface area contributed by atoms with E-state index in [0.717, 1.165) is 9.35 Å². The number of aliphatic hydroxyl groups excluding tert-OH is 1. The van der Waals surface area contributed by atoms with Gasteiger partial charge in [0.25, 0.3) is 5.89 Å². The van der Waals surface area contributed by atoms with Crippen molar-refractivity contribution in [1.29, 1.82) is 0 Å². The lowest BCUT2D eigenvalue weighted by atomic mass is 10.3. The number of hydrogen-bond acceptors (Lipinski definition) is 6. The van der Waals surface area contributed by atoms with Crippen molar-refractivity contribution in [2.24, 2.45) is 5.73 Å². The Balaban J connectivity index is 2.27. The highest BCUT2D eigenvalue weighted by molar-refractivity contribution is 9.10. The molecule has 7 heteroatoms. The maximum Gasteiger partial charge on any atom is 0.257 e. The third-order valence-electron chi connectivity index (χ3n) is 1.74. The van der Waals surface area contributed by atoms with Gasteiger partial charge in [0, 0.05) is 16.4 Å². The molecular formula is C8H8BrN3O2S. The quantitative estimate of drug-likeness (QED) is 0.896. The Bertz CT molecular complexity index is 456. The van der Waals surface area contributed by atoms with Crippen LogP contribution in [0.1, 0.15) is 12.0 Å². The Morgan fingerprint density at radius 2 is 2.47 bits per heavy atom. The van der Waals surface area contributed by atoms with Crippen molar-refractivity contribution in [3.63, 3.8) is 0 Å². The largest absolute Gasteiger partial charge is 0.382 e. The number of nitrogens with zero attached hydrogens (tertiary/aromatic N) is 2. The number of nitrogens with two attached hydrogens (primary N) is 1. The molecule has 0 radical (unpaired) electrons. The molecule has 0 spiro atoms. The molecule has 0 saturated heterocycles. The van der Waals surface area contributed by atoms with Crippen LogP contribution in [0.4, 0.5) is 0 Å². The minimum absolute atomic E-state index is 0.0652. The van der Waals surface area contributed by atoms with E-state index in [0.29, 0.717) is 5.82 Å². The van der Waals surface area contributed by atoms with Crippen LogP contribution in [-0.2, 0) is 0 Å². The van der Waals surface area contributed by atoms with Gasteiger partial charge in [0.2, 0.25) is 5.82 Å². The van der Waals surface area contributed by atoms with E-state index in [-0.39, 0.29) is 12.4 Å². The van der Waals surface area contributed by atoms with Crippen LogP contribution in [0.3, 0.4) is 0 Å². The Morgan fingerprint density at radius 3 is 3.07 bits per heavy atom. The SMILES string of the molecule is NCC(O)c1nc(-c2cc(Br)cs2)no1. The van der Waals surface area contributed by atoms with Crippen LogP contribution in [0, 0.1) is 0 Å². The third-order valence-corrected chi connectivity index (χ3v) is 3.42. The van der Waals surface area contributed by atoms with E-state index in [1.165, 1.54) is 11.3 Å². The van der Waals surface area contributed by atoms with Crippen LogP contribution >= 0.6 is 27.3 Å². The van der Waals surface area contributed by atoms with E-state index in [1.807, 2.05) is 11.4 Å². The first-order valence-corrected chi connectivity index (χ1v) is 5.84. The van der Waals surface area contributed by atoms with Crippen molar-refractivity contribution in [3.8, 4) is 10.7 Å². The average Bonchev–Trinajstić information content (AvgIpc) is 2.84. The second-order valence-electron chi connectivity index (χ2n) is 2.84. The van der Waals surface area contributed by atoms with Gasteiger partial charge in [0.1, 0.15) is 6.10 Å². The van der Waals surface area contributed by atoms with E-state index < -0.39 is 6.10 Å². The van der Waals surface area contributed by atoms with Crippen LogP contribution in [0.15, 0.2) is 20.4 Å². The molecule has 0 aliphatic carbocycles. The zero-order chi connectivity index (χ0) is 10.8. The molecule has 0 aromatic carbocycles. The highest BCUT2D eigenvalue weighted by Gasteiger charge is 2.16. The van der Waals surface area contributed by atoms with Crippen LogP contribution in [-0.4, -0.2) is 21.8 Å². The summed E-state index contributed by atoms with van der Waals surface area (Å²) in [5.41, 5.74) is 5.27. The molecule has 80 valence electrons. The normalized spacial score (nSPS) is 13.0. The first-order chi connectivity index (χ1) is 7.20. The lowest BCUT2D eigenvalue weighted by molar-refractivity contribution is 0.141. The standard InChI is InChI=1S/C8H8BrN3O2S/c9-4-1-6(15-3-4)7-11-8(14-12-7)5(13)2-10/h1,3,5,13H,2,10H2. The number of hydrogen-bond donors (Lipinski definition) is 2. The number of thiophene rings is 1. The molecule has 2 aromatic heterocycles. The fourth-order valence-corrected chi connectivity index (χ4v) is 2.35. The minimum Gasteiger partial charge on any atom is -0.382 e. The molecule has 2 aromatic rings. The van der Waals surface area contributed by atoms with Gasteiger partial charge >= 0.3 is 0 Å². The molecule has 2 heterocycles. The fourth-order valence-electron chi connectivity index (χ4n) is 1.00. The van der Waals surface area contributed by atoms with Gasteiger partial charge in [-0.05, 0) is 22.0 Å². The zero-order valence-electron chi connectivity index (χ0n) is 7.55. The molecule has 5 nitrogen and oxygen atoms in total. The summed E-state index contributed by atoms with van der Waals surface area (Å²) in [6.07, 6.45) is -0.894. The molecular weight excluding hydrogens is 282 g/mol. The summed E-state index contributed by atoms with van der Waals surface area (Å²) in [5, 5.41) is 15.0. The molecule has 0 amide bonds. The van der Waals surface area contributed by atoms with Crippen molar-refractivity contribution >= 4 is 27.3 Å². The molecule has 2 rings (SSSR count). The summed E-state index contributed by atoms with van der Waals surface area (Å²) >= 11 is 4.82. The lowest BCUT2D eigenvalue weighted by Crippen LogP contribution is -2.11. The Morgan fingerprint density at radius 1 is 1.67 bits per heavy atom. The zero-order valence-corrected chi connectivity index (χ0v) is 9.96. The number of aromatic nitrogens is 2. The van der Waals surface area contributed by atoms with E-state index in [1.54, 1.807) is 0 Å². The van der Waals surface area contributed by atoms with Gasteiger partial charge in [0.15, 0.2) is 0 Å². The molecule has 0 bridgehead atoms. The number of rotatable bonds is 3. The summed E-state index contributed by atoms with van der Waals surface area (Å²) in [5.74, 6) is 0.616. The van der Waals surface area contributed by atoms with Gasteiger partial charge in [-0.1, -0.05) is 5.16 Å². The van der Waals surface area contributed by atoms with Crippen LogP contribution in [0.2, 0.25) is 0 Å². The van der Waals surface area contributed by atoms with Crippen LogP contribution in [0.5, 0.6) is 0 Å². The van der Waals surface area contributed by atoms with Gasteiger partial charge in [-0.15, -0.1) is 11.3 Å². The maximum atomic E-state index is 9.37. The van der Waals surface area contributed by atoms with Gasteiger partial charge in [-0.25, -0.2) is 0 Å². The first kappa shape index (κ1) is 10.7. The van der Waals surface area contributed by atoms with Crippen molar-refractivity contribution in [2.75, 3.05) is 6.54 Å². The second kappa shape index (κ2) is 4.40. The van der Waals surface area contributed by atoms with Crippen LogP contribution in [0.25, 0.3) is 10.7 Å². The molecule has 1 unspecified atom stereocenters. The maximum absolute atomic E-state index is 9.37. The molecule has 0 fully saturated rings. The van der Waals surface area contributed by atoms with Gasteiger partial charge in [-0.3, -0.25) is 0 Å². The predicted octanol–water partition coefficient (Wildman–Crippen LogP) is 1.55. The molecule has 3 N–H and O–H groups in total. The summed E-state index contributed by atoms with van der Waals surface area (Å²) in [7, 11) is 0. The van der Waals surface area contributed by atoms with Crippen LogP contribution < -0.4 is 5.73 Å². The molecule has 0 saturated carbocycles. The number of halogens is 1. The Labute approximate surface area is 98.0 Å². The molecule has 15 heavy (non-hydrogen) atoms. The Kier molecular flexibility index (Phi) is 3.15. The van der Waals surface area contributed by atoms with E-state index >= 15 is 0 Å². The highest BCUT2D eigenvalue weighted by atomic mass is 79.9. The third kappa shape index (κ3) is 2.25. The molecule has 0 aliphatic heterocycles. The van der Waals surface area contributed by atoms with E-state index in [4.69, 9.17) is 10.3 Å². The fraction of sp³-hybridized carbons (Fsp3) is 0.250. The summed E-state index contributed by atoms with van der Waals surface area (Å²) in [6.45, 7) is 0.0652. The summed E-state index contributed by atoms with van der Waals surface area (Å²) < 4.78 is 5.85. The summed E-state index contributed by atoms with van der Waals surface area (Å²) in [6, 6.07) is 1.88. The first-order valence-electron chi connectivity index (χ1n) is 4.17. The van der Waals surface area contributed by atoms with Gasteiger partial charge < -0.3 is 15.4 Å². The van der Waals surface area contributed by atoms with Gasteiger partial charge in [0.05, 0.1) is 4.88 Å². The molecule has 1 atom stereocenters. The van der Waals surface area contributed by atoms with E-state index in [9.17, 15) is 5.11 Å². The summed E-state index contributed by atoms with van der Waals surface area (Å²) in [4.78, 5) is 4.92. The lowest BCUT2D eigenvalue weighted by Gasteiger charge is -1.97. The second-order valence-corrected chi connectivity index (χ2v) is 4.66.